The summed E-state index contributed by atoms with van der Waals surface area (Å²) >= 11 is 0. The lowest BCUT2D eigenvalue weighted by Gasteiger charge is -2.17. The molecule has 0 fully saturated rings. The van der Waals surface area contributed by atoms with E-state index in [1.54, 1.807) is 13.8 Å². The molecule has 0 aliphatic heterocycles. The van der Waals surface area contributed by atoms with Crippen molar-refractivity contribution in [3.8, 4) is 6.07 Å². The predicted octanol–water partition coefficient (Wildman–Crippen LogP) is 0.319. The largest absolute Gasteiger partial charge is 0.480 e. The van der Waals surface area contributed by atoms with Crippen molar-refractivity contribution in [2.45, 2.75) is 32.7 Å². The lowest BCUT2D eigenvalue weighted by molar-refractivity contribution is -0.140. The second kappa shape index (κ2) is 6.45. The van der Waals surface area contributed by atoms with Crippen LogP contribution in [0.3, 0.4) is 0 Å². The first kappa shape index (κ1) is 14.9. The van der Waals surface area contributed by atoms with Crippen molar-refractivity contribution < 1.29 is 18.3 Å². The van der Waals surface area contributed by atoms with Gasteiger partial charge in [0.25, 0.3) is 0 Å². The van der Waals surface area contributed by atoms with Gasteiger partial charge in [0.05, 0.1) is 11.8 Å². The smallest absolute Gasteiger partial charge is 0.321 e. The Morgan fingerprint density at radius 1 is 1.50 bits per heavy atom. The van der Waals surface area contributed by atoms with Crippen LogP contribution < -0.4 is 4.72 Å². The van der Waals surface area contributed by atoms with E-state index in [0.717, 1.165) is 0 Å². The molecule has 0 amide bonds. The van der Waals surface area contributed by atoms with Crippen LogP contribution in [0.25, 0.3) is 0 Å². The third-order valence-electron chi connectivity index (χ3n) is 1.94. The van der Waals surface area contributed by atoms with Gasteiger partial charge in [-0.05, 0) is 12.3 Å². The molecule has 0 aromatic carbocycles. The SMILES string of the molecule is CC(C)C(NS(=O)(=O)CCCC#N)C(=O)O. The Morgan fingerprint density at radius 3 is 2.44 bits per heavy atom. The van der Waals surface area contributed by atoms with E-state index in [1.165, 1.54) is 0 Å². The molecular weight excluding hydrogens is 232 g/mol. The summed E-state index contributed by atoms with van der Waals surface area (Å²) in [7, 11) is -3.63. The van der Waals surface area contributed by atoms with Crippen LogP contribution in [0.4, 0.5) is 0 Å². The average molecular weight is 248 g/mol. The molecule has 0 spiro atoms. The van der Waals surface area contributed by atoms with Crippen molar-refractivity contribution in [2.75, 3.05) is 5.75 Å². The molecule has 0 aromatic heterocycles. The number of aliphatic carboxylic acids is 1. The van der Waals surface area contributed by atoms with E-state index in [0.29, 0.717) is 0 Å². The monoisotopic (exact) mass is 248 g/mol. The molecule has 0 saturated heterocycles. The first-order valence-corrected chi connectivity index (χ1v) is 6.55. The zero-order valence-corrected chi connectivity index (χ0v) is 10.1. The molecule has 0 aliphatic carbocycles. The summed E-state index contributed by atoms with van der Waals surface area (Å²) in [6.45, 7) is 3.24. The fourth-order valence-electron chi connectivity index (χ4n) is 1.07. The minimum Gasteiger partial charge on any atom is -0.480 e. The predicted molar refractivity (Wildman–Crippen MR) is 58.0 cm³/mol. The van der Waals surface area contributed by atoms with Crippen LogP contribution in [0.1, 0.15) is 26.7 Å². The standard InChI is InChI=1S/C9H16N2O4S/c1-7(2)8(9(12)13)11-16(14,15)6-4-3-5-10/h7-8,11H,3-4,6H2,1-2H3,(H,12,13). The minimum absolute atomic E-state index is 0.139. The first-order valence-electron chi connectivity index (χ1n) is 4.90. The summed E-state index contributed by atoms with van der Waals surface area (Å²) in [5, 5.41) is 17.1. The van der Waals surface area contributed by atoms with Crippen LogP contribution in [-0.4, -0.2) is 31.3 Å². The summed E-state index contributed by atoms with van der Waals surface area (Å²) in [4.78, 5) is 10.8. The Bertz CT molecular complexity index is 369. The molecule has 2 N–H and O–H groups in total. The number of carboxylic acid groups (broad SMARTS) is 1. The van der Waals surface area contributed by atoms with Gasteiger partial charge < -0.3 is 5.11 Å². The lowest BCUT2D eigenvalue weighted by Crippen LogP contribution is -2.45. The maximum Gasteiger partial charge on any atom is 0.321 e. The number of hydrogen-bond donors (Lipinski definition) is 2. The number of hydrogen-bond acceptors (Lipinski definition) is 4. The Labute approximate surface area is 95.3 Å². The number of nitriles is 1. The van der Waals surface area contributed by atoms with Gasteiger partial charge in [-0.2, -0.15) is 5.26 Å². The van der Waals surface area contributed by atoms with Gasteiger partial charge in [-0.3, -0.25) is 4.79 Å². The number of carbonyl (C=O) groups is 1. The van der Waals surface area contributed by atoms with Crippen LogP contribution in [0.15, 0.2) is 0 Å². The maximum atomic E-state index is 11.4. The van der Waals surface area contributed by atoms with Gasteiger partial charge in [-0.25, -0.2) is 13.1 Å². The molecule has 0 saturated carbocycles. The van der Waals surface area contributed by atoms with E-state index in [-0.39, 0.29) is 24.5 Å². The molecule has 1 atom stereocenters. The molecule has 1 unspecified atom stereocenters. The van der Waals surface area contributed by atoms with E-state index in [4.69, 9.17) is 10.4 Å². The van der Waals surface area contributed by atoms with Gasteiger partial charge in [0.1, 0.15) is 6.04 Å². The summed E-state index contributed by atoms with van der Waals surface area (Å²) in [6.07, 6.45) is 0.344. The van der Waals surface area contributed by atoms with Crippen molar-refractivity contribution in [2.24, 2.45) is 5.92 Å². The van der Waals surface area contributed by atoms with Crippen molar-refractivity contribution >= 4 is 16.0 Å². The second-order valence-electron chi connectivity index (χ2n) is 3.76. The van der Waals surface area contributed by atoms with Gasteiger partial charge in [-0.1, -0.05) is 13.8 Å². The van der Waals surface area contributed by atoms with Crippen molar-refractivity contribution in [1.82, 2.24) is 4.72 Å². The highest BCUT2D eigenvalue weighted by atomic mass is 32.2. The number of rotatable bonds is 7. The maximum absolute atomic E-state index is 11.4. The summed E-state index contributed by atoms with van der Waals surface area (Å²) in [5.74, 6) is -1.75. The Hall–Kier alpha value is -1.13. The van der Waals surface area contributed by atoms with E-state index in [2.05, 4.69) is 4.72 Å². The molecule has 16 heavy (non-hydrogen) atoms. The van der Waals surface area contributed by atoms with Crippen LogP contribution in [-0.2, 0) is 14.8 Å². The van der Waals surface area contributed by atoms with Gasteiger partial charge in [0, 0.05) is 6.42 Å². The fraction of sp³-hybridized carbons (Fsp3) is 0.778. The second-order valence-corrected chi connectivity index (χ2v) is 5.63. The van der Waals surface area contributed by atoms with Crippen LogP contribution >= 0.6 is 0 Å². The Balaban J connectivity index is 4.44. The highest BCUT2D eigenvalue weighted by Crippen LogP contribution is 2.04. The van der Waals surface area contributed by atoms with E-state index >= 15 is 0 Å². The summed E-state index contributed by atoms with van der Waals surface area (Å²) in [5.41, 5.74) is 0. The van der Waals surface area contributed by atoms with Crippen LogP contribution in [0.2, 0.25) is 0 Å². The summed E-state index contributed by atoms with van der Waals surface area (Å²) < 4.78 is 25.0. The van der Waals surface area contributed by atoms with Gasteiger partial charge in [-0.15, -0.1) is 0 Å². The van der Waals surface area contributed by atoms with Crippen LogP contribution in [0, 0.1) is 17.2 Å². The number of unbranched alkanes of at least 4 members (excludes halogenated alkanes) is 1. The zero-order chi connectivity index (χ0) is 12.8. The summed E-state index contributed by atoms with van der Waals surface area (Å²) in [6, 6.07) is 0.712. The molecule has 0 aliphatic rings. The average Bonchev–Trinajstić information content (AvgIpc) is 2.13. The minimum atomic E-state index is -3.63. The quantitative estimate of drug-likeness (QED) is 0.631. The van der Waals surface area contributed by atoms with E-state index in [1.807, 2.05) is 6.07 Å². The topological polar surface area (TPSA) is 107 Å². The molecule has 0 bridgehead atoms. The number of nitrogens with one attached hydrogen (secondary N) is 1. The van der Waals surface area contributed by atoms with Gasteiger partial charge in [0.2, 0.25) is 10.0 Å². The van der Waals surface area contributed by atoms with Crippen molar-refractivity contribution in [3.63, 3.8) is 0 Å². The molecule has 6 nitrogen and oxygen atoms in total. The Morgan fingerprint density at radius 2 is 2.06 bits per heavy atom. The number of carboxylic acids is 1. The molecule has 0 radical (unpaired) electrons. The third-order valence-corrected chi connectivity index (χ3v) is 3.38. The normalized spacial score (nSPS) is 13.4. The van der Waals surface area contributed by atoms with Gasteiger partial charge >= 0.3 is 5.97 Å². The fourth-order valence-corrected chi connectivity index (χ4v) is 2.47. The van der Waals surface area contributed by atoms with E-state index in [9.17, 15) is 13.2 Å². The highest BCUT2D eigenvalue weighted by molar-refractivity contribution is 7.89. The Kier molecular flexibility index (Phi) is 6.00. The van der Waals surface area contributed by atoms with Gasteiger partial charge in [0.15, 0.2) is 0 Å². The molecule has 0 rings (SSSR count). The number of sulfonamides is 1. The van der Waals surface area contributed by atoms with Crippen molar-refractivity contribution in [1.29, 1.82) is 5.26 Å². The molecule has 92 valence electrons. The molecular formula is C9H16N2O4S. The molecule has 7 heteroatoms. The number of nitrogens with zero attached hydrogens (tertiary/aromatic N) is 1. The zero-order valence-electron chi connectivity index (χ0n) is 9.30. The van der Waals surface area contributed by atoms with Crippen molar-refractivity contribution in [3.05, 3.63) is 0 Å². The van der Waals surface area contributed by atoms with E-state index < -0.39 is 22.0 Å². The third kappa shape index (κ3) is 5.68. The lowest BCUT2D eigenvalue weighted by atomic mass is 10.1. The van der Waals surface area contributed by atoms with Crippen LogP contribution in [0.5, 0.6) is 0 Å². The molecule has 0 heterocycles. The highest BCUT2D eigenvalue weighted by Gasteiger charge is 2.26. The molecule has 0 aromatic rings. The first-order chi connectivity index (χ1) is 7.30.